The fourth-order valence-corrected chi connectivity index (χ4v) is 1.75. The van der Waals surface area contributed by atoms with Gasteiger partial charge in [0.25, 0.3) is 0 Å². The van der Waals surface area contributed by atoms with Crippen molar-refractivity contribution in [3.63, 3.8) is 0 Å². The van der Waals surface area contributed by atoms with Crippen molar-refractivity contribution in [3.05, 3.63) is 65.2 Å². The van der Waals surface area contributed by atoms with E-state index in [1.165, 1.54) is 17.7 Å². The monoisotopic (exact) mass is 262 g/mol. The van der Waals surface area contributed by atoms with E-state index in [0.717, 1.165) is 6.07 Å². The summed E-state index contributed by atoms with van der Waals surface area (Å²) in [5, 5.41) is 0. The molecule has 100 valence electrons. The van der Waals surface area contributed by atoms with E-state index in [-0.39, 0.29) is 6.61 Å². The van der Waals surface area contributed by atoms with Crippen LogP contribution in [0.1, 0.15) is 30.9 Å². The van der Waals surface area contributed by atoms with Crippen molar-refractivity contribution in [3.8, 4) is 5.75 Å². The summed E-state index contributed by atoms with van der Waals surface area (Å²) in [4.78, 5) is 0. The fourth-order valence-electron chi connectivity index (χ4n) is 1.75. The predicted octanol–water partition coefficient (Wildman–Crippen LogP) is 4.67. The zero-order valence-corrected chi connectivity index (χ0v) is 11.0. The molecule has 0 saturated carbocycles. The van der Waals surface area contributed by atoms with E-state index >= 15 is 0 Å². The molecular formula is C16H16F2O. The van der Waals surface area contributed by atoms with Gasteiger partial charge < -0.3 is 4.74 Å². The van der Waals surface area contributed by atoms with Gasteiger partial charge in [0.1, 0.15) is 24.0 Å². The Balaban J connectivity index is 2.02. The summed E-state index contributed by atoms with van der Waals surface area (Å²) in [5.41, 5.74) is 1.56. The first-order chi connectivity index (χ1) is 9.06. The van der Waals surface area contributed by atoms with Gasteiger partial charge >= 0.3 is 0 Å². The van der Waals surface area contributed by atoms with Gasteiger partial charge in [-0.3, -0.25) is 0 Å². The van der Waals surface area contributed by atoms with Crippen LogP contribution in [0.5, 0.6) is 5.75 Å². The molecule has 0 aliphatic carbocycles. The molecule has 0 aliphatic rings. The molecule has 0 N–H and O–H groups in total. The van der Waals surface area contributed by atoms with Gasteiger partial charge in [-0.05, 0) is 35.7 Å². The third-order valence-corrected chi connectivity index (χ3v) is 2.96. The minimum Gasteiger partial charge on any atom is -0.489 e. The molecule has 0 aliphatic heterocycles. The van der Waals surface area contributed by atoms with Crippen LogP contribution in [0.3, 0.4) is 0 Å². The molecule has 0 spiro atoms. The minimum absolute atomic E-state index is 0.0904. The molecule has 1 nitrogen and oxygen atoms in total. The molecule has 2 rings (SSSR count). The Labute approximate surface area is 111 Å². The molecule has 0 bridgehead atoms. The quantitative estimate of drug-likeness (QED) is 0.778. The van der Waals surface area contributed by atoms with Crippen molar-refractivity contribution >= 4 is 0 Å². The molecular weight excluding hydrogens is 246 g/mol. The lowest BCUT2D eigenvalue weighted by atomic mass is 10.0. The Kier molecular flexibility index (Phi) is 4.15. The number of benzene rings is 2. The Bertz CT molecular complexity index is 547. The molecule has 3 heteroatoms. The maximum Gasteiger partial charge on any atom is 0.132 e. The topological polar surface area (TPSA) is 9.23 Å². The van der Waals surface area contributed by atoms with E-state index in [1.807, 2.05) is 24.3 Å². The summed E-state index contributed by atoms with van der Waals surface area (Å²) in [7, 11) is 0. The second kappa shape index (κ2) is 5.83. The highest BCUT2D eigenvalue weighted by atomic mass is 19.1. The maximum absolute atomic E-state index is 13.4. The molecule has 0 radical (unpaired) electrons. The lowest BCUT2D eigenvalue weighted by molar-refractivity contribution is 0.299. The zero-order chi connectivity index (χ0) is 13.8. The standard InChI is InChI=1S/C16H16F2O/c1-11(2)12-4-7-15(8-5-12)19-10-13-3-6-14(17)9-16(13)18/h3-9,11H,10H2,1-2H3. The minimum atomic E-state index is -0.584. The van der Waals surface area contributed by atoms with Gasteiger partial charge in [-0.25, -0.2) is 8.78 Å². The summed E-state index contributed by atoms with van der Waals surface area (Å²) in [6, 6.07) is 11.2. The van der Waals surface area contributed by atoms with Gasteiger partial charge in [-0.1, -0.05) is 26.0 Å². The highest BCUT2D eigenvalue weighted by Crippen LogP contribution is 2.20. The second-order valence-corrected chi connectivity index (χ2v) is 4.75. The van der Waals surface area contributed by atoms with Crippen LogP contribution in [-0.2, 0) is 6.61 Å². The van der Waals surface area contributed by atoms with E-state index in [2.05, 4.69) is 13.8 Å². The SMILES string of the molecule is CC(C)c1ccc(OCc2ccc(F)cc2F)cc1. The van der Waals surface area contributed by atoms with Gasteiger partial charge in [0.15, 0.2) is 0 Å². The molecule has 0 saturated heterocycles. The molecule has 0 atom stereocenters. The third-order valence-electron chi connectivity index (χ3n) is 2.96. The van der Waals surface area contributed by atoms with Gasteiger partial charge in [-0.15, -0.1) is 0 Å². The Hall–Kier alpha value is -1.90. The van der Waals surface area contributed by atoms with E-state index < -0.39 is 11.6 Å². The van der Waals surface area contributed by atoms with Gasteiger partial charge in [0.05, 0.1) is 0 Å². The normalized spacial score (nSPS) is 10.8. The van der Waals surface area contributed by atoms with E-state index in [0.29, 0.717) is 17.2 Å². The number of halogens is 2. The van der Waals surface area contributed by atoms with E-state index in [9.17, 15) is 8.78 Å². The Morgan fingerprint density at radius 1 is 1.00 bits per heavy atom. The van der Waals surface area contributed by atoms with Gasteiger partial charge in [0, 0.05) is 11.6 Å². The van der Waals surface area contributed by atoms with Gasteiger partial charge in [0.2, 0.25) is 0 Å². The first-order valence-corrected chi connectivity index (χ1v) is 6.23. The Morgan fingerprint density at radius 3 is 2.26 bits per heavy atom. The van der Waals surface area contributed by atoms with Crippen molar-refractivity contribution < 1.29 is 13.5 Å². The largest absolute Gasteiger partial charge is 0.489 e. The third kappa shape index (κ3) is 3.53. The molecule has 0 amide bonds. The molecule has 0 aromatic heterocycles. The van der Waals surface area contributed by atoms with Crippen LogP contribution in [0.15, 0.2) is 42.5 Å². The molecule has 0 heterocycles. The molecule has 19 heavy (non-hydrogen) atoms. The smallest absolute Gasteiger partial charge is 0.132 e. The van der Waals surface area contributed by atoms with Crippen LogP contribution in [0.2, 0.25) is 0 Å². The first kappa shape index (κ1) is 13.5. The van der Waals surface area contributed by atoms with Crippen LogP contribution in [0.25, 0.3) is 0 Å². The van der Waals surface area contributed by atoms with Crippen molar-refractivity contribution in [2.75, 3.05) is 0 Å². The Morgan fingerprint density at radius 2 is 1.68 bits per heavy atom. The van der Waals surface area contributed by atoms with Crippen molar-refractivity contribution in [1.82, 2.24) is 0 Å². The number of rotatable bonds is 4. The van der Waals surface area contributed by atoms with Crippen LogP contribution in [-0.4, -0.2) is 0 Å². The van der Waals surface area contributed by atoms with Crippen molar-refractivity contribution in [2.45, 2.75) is 26.4 Å². The lowest BCUT2D eigenvalue weighted by Gasteiger charge is -2.09. The highest BCUT2D eigenvalue weighted by Gasteiger charge is 2.05. The number of hydrogen-bond donors (Lipinski definition) is 0. The van der Waals surface area contributed by atoms with E-state index in [1.54, 1.807) is 0 Å². The zero-order valence-electron chi connectivity index (χ0n) is 11.0. The van der Waals surface area contributed by atoms with Crippen molar-refractivity contribution in [2.24, 2.45) is 0 Å². The maximum atomic E-state index is 13.4. The molecule has 2 aromatic carbocycles. The average Bonchev–Trinajstić information content (AvgIpc) is 2.38. The van der Waals surface area contributed by atoms with Crippen LogP contribution in [0.4, 0.5) is 8.78 Å². The highest BCUT2D eigenvalue weighted by molar-refractivity contribution is 5.29. The summed E-state index contributed by atoms with van der Waals surface area (Å²) in [6.45, 7) is 4.32. The summed E-state index contributed by atoms with van der Waals surface area (Å²) in [5.74, 6) is -0.0296. The fraction of sp³-hybridized carbons (Fsp3) is 0.250. The number of ether oxygens (including phenoxy) is 1. The number of hydrogen-bond acceptors (Lipinski definition) is 1. The summed E-state index contributed by atoms with van der Waals surface area (Å²) in [6.07, 6.45) is 0. The average molecular weight is 262 g/mol. The van der Waals surface area contributed by atoms with Crippen LogP contribution < -0.4 is 4.74 Å². The first-order valence-electron chi connectivity index (χ1n) is 6.23. The van der Waals surface area contributed by atoms with Crippen LogP contribution in [0, 0.1) is 11.6 Å². The van der Waals surface area contributed by atoms with Gasteiger partial charge in [-0.2, -0.15) is 0 Å². The lowest BCUT2D eigenvalue weighted by Crippen LogP contribution is -1.99. The van der Waals surface area contributed by atoms with E-state index in [4.69, 9.17) is 4.74 Å². The molecule has 0 unspecified atom stereocenters. The summed E-state index contributed by atoms with van der Waals surface area (Å²) >= 11 is 0. The molecule has 0 fully saturated rings. The molecule has 2 aromatic rings. The predicted molar refractivity (Wildman–Crippen MR) is 71.2 cm³/mol. The van der Waals surface area contributed by atoms with Crippen LogP contribution >= 0.6 is 0 Å². The summed E-state index contributed by atoms with van der Waals surface area (Å²) < 4.78 is 31.6. The second-order valence-electron chi connectivity index (χ2n) is 4.75. The van der Waals surface area contributed by atoms with Crippen molar-refractivity contribution in [1.29, 1.82) is 0 Å².